The molecule has 9 heteroatoms. The van der Waals surface area contributed by atoms with E-state index in [0.29, 0.717) is 45.7 Å². The standard InChI is InChI=1S/C25H36N4O5/c1-25(2,3)34-24(33)26-11-10-21(30)27-12-7-13-28(15-14-27)23(32)20-16-22(31)29(18-20)17-19-8-5-4-6-9-19/h4-6,8-9,20H,7,10-18H2,1-3H3,(H,26,33). The van der Waals surface area contributed by atoms with E-state index in [0.717, 1.165) is 5.56 Å². The van der Waals surface area contributed by atoms with Crippen LogP contribution in [0.25, 0.3) is 0 Å². The van der Waals surface area contributed by atoms with Gasteiger partial charge in [-0.15, -0.1) is 0 Å². The fraction of sp³-hybridized carbons (Fsp3) is 0.600. The number of hydrogen-bond acceptors (Lipinski definition) is 5. The van der Waals surface area contributed by atoms with Crippen molar-refractivity contribution >= 4 is 23.8 Å². The van der Waals surface area contributed by atoms with Gasteiger partial charge in [-0.25, -0.2) is 4.79 Å². The Morgan fingerprint density at radius 3 is 2.41 bits per heavy atom. The van der Waals surface area contributed by atoms with Crippen LogP contribution < -0.4 is 5.32 Å². The summed E-state index contributed by atoms with van der Waals surface area (Å²) in [6, 6.07) is 9.77. The van der Waals surface area contributed by atoms with Crippen molar-refractivity contribution in [1.29, 1.82) is 0 Å². The lowest BCUT2D eigenvalue weighted by atomic mass is 10.1. The molecule has 1 N–H and O–H groups in total. The summed E-state index contributed by atoms with van der Waals surface area (Å²) in [6.45, 7) is 8.54. The summed E-state index contributed by atoms with van der Waals surface area (Å²) < 4.78 is 5.18. The summed E-state index contributed by atoms with van der Waals surface area (Å²) in [5.74, 6) is -0.400. The van der Waals surface area contributed by atoms with Crippen LogP contribution in [0.3, 0.4) is 0 Å². The van der Waals surface area contributed by atoms with E-state index in [1.165, 1.54) is 0 Å². The fourth-order valence-corrected chi connectivity index (χ4v) is 4.28. The molecule has 0 saturated carbocycles. The van der Waals surface area contributed by atoms with Gasteiger partial charge in [-0.2, -0.15) is 0 Å². The zero-order valence-electron chi connectivity index (χ0n) is 20.4. The molecular formula is C25H36N4O5. The van der Waals surface area contributed by atoms with Crippen LogP contribution in [-0.4, -0.2) is 83.4 Å². The van der Waals surface area contributed by atoms with E-state index in [9.17, 15) is 19.2 Å². The number of nitrogens with one attached hydrogen (secondary N) is 1. The van der Waals surface area contributed by atoms with E-state index in [1.54, 1.807) is 35.5 Å². The molecule has 0 spiro atoms. The van der Waals surface area contributed by atoms with Gasteiger partial charge in [0.05, 0.1) is 5.92 Å². The van der Waals surface area contributed by atoms with Gasteiger partial charge in [-0.05, 0) is 32.8 Å². The molecule has 9 nitrogen and oxygen atoms in total. The quantitative estimate of drug-likeness (QED) is 0.683. The van der Waals surface area contributed by atoms with Gasteiger partial charge in [0.2, 0.25) is 17.7 Å². The first kappa shape index (κ1) is 25.5. The molecule has 2 fully saturated rings. The number of rotatable bonds is 6. The van der Waals surface area contributed by atoms with Gasteiger partial charge in [-0.1, -0.05) is 30.3 Å². The Kier molecular flexibility index (Phi) is 8.52. The number of alkyl carbamates (subject to hydrolysis) is 1. The van der Waals surface area contributed by atoms with Gasteiger partial charge in [0.1, 0.15) is 5.60 Å². The van der Waals surface area contributed by atoms with Crippen molar-refractivity contribution in [2.45, 2.75) is 52.2 Å². The number of likely N-dealkylation sites (tertiary alicyclic amines) is 1. The number of carbonyl (C=O) groups excluding carboxylic acids is 4. The van der Waals surface area contributed by atoms with Crippen LogP contribution in [-0.2, 0) is 25.7 Å². The van der Waals surface area contributed by atoms with Crippen molar-refractivity contribution in [2.75, 3.05) is 39.3 Å². The molecular weight excluding hydrogens is 436 g/mol. The lowest BCUT2D eigenvalue weighted by Gasteiger charge is -2.25. The molecule has 1 unspecified atom stereocenters. The van der Waals surface area contributed by atoms with E-state index in [1.807, 2.05) is 30.3 Å². The number of benzene rings is 1. The van der Waals surface area contributed by atoms with Crippen molar-refractivity contribution in [3.63, 3.8) is 0 Å². The first-order chi connectivity index (χ1) is 16.1. The molecule has 1 aromatic carbocycles. The SMILES string of the molecule is CC(C)(C)OC(=O)NCCC(=O)N1CCCN(C(=O)C2CC(=O)N(Cc3ccccc3)C2)CC1. The maximum Gasteiger partial charge on any atom is 0.407 e. The Morgan fingerprint density at radius 2 is 1.71 bits per heavy atom. The van der Waals surface area contributed by atoms with Gasteiger partial charge in [0.15, 0.2) is 0 Å². The molecule has 0 aliphatic carbocycles. The lowest BCUT2D eigenvalue weighted by Crippen LogP contribution is -2.41. The fourth-order valence-electron chi connectivity index (χ4n) is 4.28. The van der Waals surface area contributed by atoms with Crippen LogP contribution >= 0.6 is 0 Å². The van der Waals surface area contributed by atoms with Crippen LogP contribution in [0.1, 0.15) is 45.6 Å². The Balaban J connectivity index is 1.43. The third kappa shape index (κ3) is 7.46. The van der Waals surface area contributed by atoms with Gasteiger partial charge in [-0.3, -0.25) is 14.4 Å². The average Bonchev–Trinajstić information content (AvgIpc) is 2.97. The minimum absolute atomic E-state index is 0.00585. The summed E-state index contributed by atoms with van der Waals surface area (Å²) in [5.41, 5.74) is 0.464. The number of nitrogens with zero attached hydrogens (tertiary/aromatic N) is 3. The topological polar surface area (TPSA) is 99.3 Å². The van der Waals surface area contributed by atoms with E-state index in [4.69, 9.17) is 4.74 Å². The van der Waals surface area contributed by atoms with Gasteiger partial charge in [0.25, 0.3) is 0 Å². The van der Waals surface area contributed by atoms with Crippen LogP contribution in [0.5, 0.6) is 0 Å². The second kappa shape index (κ2) is 11.4. The summed E-state index contributed by atoms with van der Waals surface area (Å²) in [7, 11) is 0. The van der Waals surface area contributed by atoms with E-state index < -0.39 is 11.7 Å². The molecule has 186 valence electrons. The highest BCUT2D eigenvalue weighted by atomic mass is 16.6. The van der Waals surface area contributed by atoms with Gasteiger partial charge < -0.3 is 24.8 Å². The number of carbonyl (C=O) groups is 4. The molecule has 2 saturated heterocycles. The first-order valence-corrected chi connectivity index (χ1v) is 12.0. The van der Waals surface area contributed by atoms with Gasteiger partial charge >= 0.3 is 6.09 Å². The van der Waals surface area contributed by atoms with E-state index in [-0.39, 0.29) is 43.0 Å². The molecule has 1 aromatic rings. The maximum atomic E-state index is 13.1. The predicted molar refractivity (Wildman–Crippen MR) is 127 cm³/mol. The maximum absolute atomic E-state index is 13.1. The van der Waals surface area contributed by atoms with Crippen molar-refractivity contribution in [2.24, 2.45) is 5.92 Å². The summed E-state index contributed by atoms with van der Waals surface area (Å²) >= 11 is 0. The zero-order valence-corrected chi connectivity index (χ0v) is 20.4. The Bertz CT molecular complexity index is 883. The third-order valence-corrected chi connectivity index (χ3v) is 5.95. The van der Waals surface area contributed by atoms with Crippen LogP contribution in [0.2, 0.25) is 0 Å². The van der Waals surface area contributed by atoms with Gasteiger partial charge in [0, 0.05) is 58.7 Å². The average molecular weight is 473 g/mol. The second-order valence-electron chi connectivity index (χ2n) is 9.90. The smallest absolute Gasteiger partial charge is 0.407 e. The minimum atomic E-state index is -0.586. The largest absolute Gasteiger partial charge is 0.444 e. The van der Waals surface area contributed by atoms with Crippen molar-refractivity contribution in [3.8, 4) is 0 Å². The predicted octanol–water partition coefficient (Wildman–Crippen LogP) is 2.01. The monoisotopic (exact) mass is 472 g/mol. The summed E-state index contributed by atoms with van der Waals surface area (Å²) in [4.78, 5) is 55.2. The highest BCUT2D eigenvalue weighted by molar-refractivity contribution is 5.89. The van der Waals surface area contributed by atoms with E-state index in [2.05, 4.69) is 5.32 Å². The van der Waals surface area contributed by atoms with Crippen LogP contribution in [0.15, 0.2) is 30.3 Å². The first-order valence-electron chi connectivity index (χ1n) is 12.0. The molecule has 2 heterocycles. The molecule has 3 rings (SSSR count). The van der Waals surface area contributed by atoms with Crippen molar-refractivity contribution in [1.82, 2.24) is 20.0 Å². The van der Waals surface area contributed by atoms with Crippen LogP contribution in [0.4, 0.5) is 4.79 Å². The molecule has 0 bridgehead atoms. The van der Waals surface area contributed by atoms with E-state index >= 15 is 0 Å². The third-order valence-electron chi connectivity index (χ3n) is 5.95. The van der Waals surface area contributed by atoms with Crippen molar-refractivity contribution < 1.29 is 23.9 Å². The van der Waals surface area contributed by atoms with Crippen LogP contribution in [0, 0.1) is 5.92 Å². The molecule has 2 aliphatic rings. The zero-order chi connectivity index (χ0) is 24.7. The highest BCUT2D eigenvalue weighted by Crippen LogP contribution is 2.23. The Morgan fingerprint density at radius 1 is 1.03 bits per heavy atom. The Hall–Kier alpha value is -3.10. The molecule has 34 heavy (non-hydrogen) atoms. The second-order valence-corrected chi connectivity index (χ2v) is 9.90. The molecule has 0 radical (unpaired) electrons. The molecule has 0 aromatic heterocycles. The van der Waals surface area contributed by atoms with Crippen molar-refractivity contribution in [3.05, 3.63) is 35.9 Å². The molecule has 1 atom stereocenters. The summed E-state index contributed by atoms with van der Waals surface area (Å²) in [6.07, 6.45) is 0.561. The highest BCUT2D eigenvalue weighted by Gasteiger charge is 2.37. The summed E-state index contributed by atoms with van der Waals surface area (Å²) in [5, 5.41) is 2.60. The Labute approximate surface area is 201 Å². The molecule has 2 aliphatic heterocycles. The number of hydrogen-bond donors (Lipinski definition) is 1. The number of ether oxygens (including phenoxy) is 1. The lowest BCUT2D eigenvalue weighted by molar-refractivity contribution is -0.136. The molecule has 4 amide bonds. The normalized spacial score (nSPS) is 19.1. The minimum Gasteiger partial charge on any atom is -0.444 e. The number of amides is 4.